The molecule has 1 aromatic heterocycles. The number of benzene rings is 2. The first-order valence-corrected chi connectivity index (χ1v) is 8.12. The summed E-state index contributed by atoms with van der Waals surface area (Å²) in [5, 5.41) is 10.1. The van der Waals surface area contributed by atoms with Crippen molar-refractivity contribution in [3.8, 4) is 11.5 Å². The predicted octanol–water partition coefficient (Wildman–Crippen LogP) is 3.64. The SMILES string of the molecule is CC(C)Oc1ccc(C(=O)OCc2cc(=O)oc3cc(O)ccc23)cc1. The van der Waals surface area contributed by atoms with Crippen molar-refractivity contribution in [1.29, 1.82) is 0 Å². The van der Waals surface area contributed by atoms with Gasteiger partial charge in [-0.25, -0.2) is 9.59 Å². The number of carbonyl (C=O) groups excluding carboxylic acids is 1. The molecule has 0 unspecified atom stereocenters. The molecule has 6 nitrogen and oxygen atoms in total. The Balaban J connectivity index is 1.75. The van der Waals surface area contributed by atoms with Crippen molar-refractivity contribution in [2.45, 2.75) is 26.6 Å². The first-order valence-electron chi connectivity index (χ1n) is 8.12. The summed E-state index contributed by atoms with van der Waals surface area (Å²) >= 11 is 0. The first-order chi connectivity index (χ1) is 12.4. The molecule has 0 atom stereocenters. The monoisotopic (exact) mass is 354 g/mol. The van der Waals surface area contributed by atoms with Gasteiger partial charge in [0.1, 0.15) is 23.7 Å². The fraction of sp³-hybridized carbons (Fsp3) is 0.200. The predicted molar refractivity (Wildman–Crippen MR) is 95.5 cm³/mol. The normalized spacial score (nSPS) is 10.9. The van der Waals surface area contributed by atoms with Gasteiger partial charge in [-0.15, -0.1) is 0 Å². The van der Waals surface area contributed by atoms with Gasteiger partial charge in [0.25, 0.3) is 0 Å². The molecule has 0 bridgehead atoms. The molecule has 0 amide bonds. The lowest BCUT2D eigenvalue weighted by atomic mass is 10.1. The summed E-state index contributed by atoms with van der Waals surface area (Å²) in [5.41, 5.74) is 0.540. The van der Waals surface area contributed by atoms with Crippen LogP contribution in [-0.2, 0) is 11.3 Å². The molecule has 0 saturated heterocycles. The lowest BCUT2D eigenvalue weighted by molar-refractivity contribution is 0.0474. The Labute approximate surface area is 149 Å². The Morgan fingerprint density at radius 2 is 1.85 bits per heavy atom. The maximum atomic E-state index is 12.2. The minimum absolute atomic E-state index is 0.0153. The van der Waals surface area contributed by atoms with E-state index in [2.05, 4.69) is 0 Å². The van der Waals surface area contributed by atoms with Crippen molar-refractivity contribution < 1.29 is 23.8 Å². The zero-order chi connectivity index (χ0) is 18.7. The molecule has 0 aliphatic rings. The van der Waals surface area contributed by atoms with Crippen LogP contribution in [0.25, 0.3) is 11.0 Å². The number of ether oxygens (including phenoxy) is 2. The molecule has 1 N–H and O–H groups in total. The molecule has 2 aromatic carbocycles. The quantitative estimate of drug-likeness (QED) is 0.556. The van der Waals surface area contributed by atoms with Crippen LogP contribution in [0.3, 0.4) is 0 Å². The van der Waals surface area contributed by atoms with Crippen LogP contribution in [0, 0.1) is 0 Å². The number of phenols is 1. The first kappa shape index (κ1) is 17.5. The molecule has 0 fully saturated rings. The van der Waals surface area contributed by atoms with Crippen LogP contribution in [0.5, 0.6) is 11.5 Å². The maximum absolute atomic E-state index is 12.2. The van der Waals surface area contributed by atoms with Gasteiger partial charge in [0, 0.05) is 23.1 Å². The highest BCUT2D eigenvalue weighted by atomic mass is 16.5. The Kier molecular flexibility index (Phi) is 4.93. The molecule has 0 saturated carbocycles. The molecule has 6 heteroatoms. The average molecular weight is 354 g/mol. The van der Waals surface area contributed by atoms with Gasteiger partial charge in [-0.3, -0.25) is 0 Å². The van der Waals surface area contributed by atoms with E-state index >= 15 is 0 Å². The van der Waals surface area contributed by atoms with E-state index in [0.717, 1.165) is 0 Å². The summed E-state index contributed by atoms with van der Waals surface area (Å²) < 4.78 is 15.9. The number of hydrogen-bond donors (Lipinski definition) is 1. The second kappa shape index (κ2) is 7.31. The lowest BCUT2D eigenvalue weighted by Crippen LogP contribution is -2.08. The minimum Gasteiger partial charge on any atom is -0.508 e. The molecule has 0 radical (unpaired) electrons. The molecule has 3 rings (SSSR count). The van der Waals surface area contributed by atoms with Gasteiger partial charge < -0.3 is 19.0 Å². The lowest BCUT2D eigenvalue weighted by Gasteiger charge is -2.10. The van der Waals surface area contributed by atoms with Gasteiger partial charge in [0.15, 0.2) is 0 Å². The zero-order valence-electron chi connectivity index (χ0n) is 14.4. The van der Waals surface area contributed by atoms with Crippen molar-refractivity contribution in [3.63, 3.8) is 0 Å². The Morgan fingerprint density at radius 3 is 2.54 bits per heavy atom. The van der Waals surface area contributed by atoms with E-state index in [1.807, 2.05) is 13.8 Å². The molecule has 134 valence electrons. The van der Waals surface area contributed by atoms with Crippen molar-refractivity contribution in [2.24, 2.45) is 0 Å². The van der Waals surface area contributed by atoms with Crippen LogP contribution in [0.4, 0.5) is 0 Å². The van der Waals surface area contributed by atoms with Gasteiger partial charge >= 0.3 is 11.6 Å². The maximum Gasteiger partial charge on any atom is 0.338 e. The second-order valence-electron chi connectivity index (χ2n) is 6.04. The standard InChI is InChI=1S/C20H18O6/c1-12(2)25-16-6-3-13(4-7-16)20(23)24-11-14-9-19(22)26-18-10-15(21)5-8-17(14)18/h3-10,12,21H,11H2,1-2H3. The minimum atomic E-state index is -0.579. The number of fused-ring (bicyclic) bond motifs is 1. The summed E-state index contributed by atoms with van der Waals surface area (Å²) in [6.07, 6.45) is 0.0466. The van der Waals surface area contributed by atoms with E-state index in [0.29, 0.717) is 22.3 Å². The van der Waals surface area contributed by atoms with Crippen molar-refractivity contribution in [3.05, 3.63) is 70.1 Å². The summed E-state index contributed by atoms with van der Waals surface area (Å²) in [5.74, 6) is 0.141. The highest BCUT2D eigenvalue weighted by molar-refractivity contribution is 5.89. The van der Waals surface area contributed by atoms with Crippen LogP contribution in [-0.4, -0.2) is 17.2 Å². The zero-order valence-corrected chi connectivity index (χ0v) is 14.4. The summed E-state index contributed by atoms with van der Waals surface area (Å²) in [4.78, 5) is 23.9. The van der Waals surface area contributed by atoms with E-state index in [1.165, 1.54) is 18.2 Å². The third-order valence-electron chi connectivity index (χ3n) is 3.63. The summed E-state index contributed by atoms with van der Waals surface area (Å²) in [6.45, 7) is 3.75. The number of rotatable bonds is 5. The second-order valence-corrected chi connectivity index (χ2v) is 6.04. The number of esters is 1. The summed E-state index contributed by atoms with van der Waals surface area (Å²) in [7, 11) is 0. The van der Waals surface area contributed by atoms with Crippen LogP contribution < -0.4 is 10.4 Å². The molecule has 3 aromatic rings. The highest BCUT2D eigenvalue weighted by Crippen LogP contribution is 2.22. The Morgan fingerprint density at radius 1 is 1.12 bits per heavy atom. The van der Waals surface area contributed by atoms with Crippen LogP contribution in [0.1, 0.15) is 29.8 Å². The van der Waals surface area contributed by atoms with Gasteiger partial charge in [-0.1, -0.05) is 0 Å². The summed E-state index contributed by atoms with van der Waals surface area (Å²) in [6, 6.07) is 12.3. The van der Waals surface area contributed by atoms with E-state index in [1.54, 1.807) is 30.3 Å². The van der Waals surface area contributed by atoms with E-state index in [-0.39, 0.29) is 24.0 Å². The largest absolute Gasteiger partial charge is 0.508 e. The van der Waals surface area contributed by atoms with Gasteiger partial charge in [0.2, 0.25) is 0 Å². The van der Waals surface area contributed by atoms with Gasteiger partial charge in [-0.2, -0.15) is 0 Å². The van der Waals surface area contributed by atoms with E-state index < -0.39 is 11.6 Å². The third-order valence-corrected chi connectivity index (χ3v) is 3.63. The molecular formula is C20H18O6. The molecule has 0 spiro atoms. The molecule has 1 heterocycles. The average Bonchev–Trinajstić information content (AvgIpc) is 2.59. The highest BCUT2D eigenvalue weighted by Gasteiger charge is 2.11. The van der Waals surface area contributed by atoms with Crippen LogP contribution >= 0.6 is 0 Å². The van der Waals surface area contributed by atoms with E-state index in [9.17, 15) is 14.7 Å². The molecule has 0 aliphatic heterocycles. The number of hydrogen-bond acceptors (Lipinski definition) is 6. The topological polar surface area (TPSA) is 86.0 Å². The Bertz CT molecular complexity index is 985. The van der Waals surface area contributed by atoms with Crippen molar-refractivity contribution in [2.75, 3.05) is 0 Å². The fourth-order valence-electron chi connectivity index (χ4n) is 2.51. The van der Waals surface area contributed by atoms with Crippen LogP contribution in [0.2, 0.25) is 0 Å². The van der Waals surface area contributed by atoms with Crippen LogP contribution in [0.15, 0.2) is 57.7 Å². The molecule has 26 heavy (non-hydrogen) atoms. The third kappa shape index (κ3) is 4.03. The molecule has 0 aliphatic carbocycles. The van der Waals surface area contributed by atoms with Crippen molar-refractivity contribution in [1.82, 2.24) is 0 Å². The fourth-order valence-corrected chi connectivity index (χ4v) is 2.51. The van der Waals surface area contributed by atoms with Crippen molar-refractivity contribution >= 4 is 16.9 Å². The van der Waals surface area contributed by atoms with E-state index in [4.69, 9.17) is 13.9 Å². The number of carbonyl (C=O) groups is 1. The molecular weight excluding hydrogens is 336 g/mol. The smallest absolute Gasteiger partial charge is 0.338 e. The number of phenolic OH excluding ortho intramolecular Hbond substituents is 1. The number of aromatic hydroxyl groups is 1. The van der Waals surface area contributed by atoms with Gasteiger partial charge in [-0.05, 0) is 50.2 Å². The Hall–Kier alpha value is -3.28. The van der Waals surface area contributed by atoms with Gasteiger partial charge in [0.05, 0.1) is 11.7 Å².